The van der Waals surface area contributed by atoms with E-state index in [0.29, 0.717) is 22.9 Å². The molecule has 0 aliphatic carbocycles. The molecule has 28 heavy (non-hydrogen) atoms. The third-order valence-corrected chi connectivity index (χ3v) is 3.71. The number of anilines is 2. The van der Waals surface area contributed by atoms with Crippen LogP contribution in [0.5, 0.6) is 11.5 Å². The van der Waals surface area contributed by atoms with Gasteiger partial charge in [0.1, 0.15) is 11.5 Å². The number of ether oxygens (including phenoxy) is 3. The summed E-state index contributed by atoms with van der Waals surface area (Å²) in [6.45, 7) is 2.87. The highest BCUT2D eigenvalue weighted by atomic mass is 16.5. The Morgan fingerprint density at radius 3 is 1.82 bits per heavy atom. The lowest BCUT2D eigenvalue weighted by Gasteiger charge is -2.14. The largest absolute Gasteiger partial charge is 0.497 e. The molecule has 0 unspecified atom stereocenters. The van der Waals surface area contributed by atoms with Crippen LogP contribution in [-0.2, 0) is 14.3 Å². The molecule has 2 amide bonds. The quantitative estimate of drug-likeness (QED) is 0.710. The zero-order valence-corrected chi connectivity index (χ0v) is 16.1. The van der Waals surface area contributed by atoms with Crippen molar-refractivity contribution >= 4 is 29.2 Å². The van der Waals surface area contributed by atoms with Crippen LogP contribution in [0.3, 0.4) is 0 Å². The Labute approximate surface area is 162 Å². The van der Waals surface area contributed by atoms with E-state index in [0.717, 1.165) is 0 Å². The van der Waals surface area contributed by atoms with E-state index in [1.807, 2.05) is 0 Å². The van der Waals surface area contributed by atoms with Crippen LogP contribution in [-0.4, -0.2) is 38.1 Å². The van der Waals surface area contributed by atoms with Gasteiger partial charge in [-0.15, -0.1) is 0 Å². The van der Waals surface area contributed by atoms with Gasteiger partial charge in [0.2, 0.25) is 5.91 Å². The number of carbonyl (C=O) groups excluding carboxylic acids is 3. The molecule has 1 atom stereocenters. The van der Waals surface area contributed by atoms with Gasteiger partial charge in [0.25, 0.3) is 5.91 Å². The molecule has 0 heterocycles. The minimum Gasteiger partial charge on any atom is -0.497 e. The van der Waals surface area contributed by atoms with Crippen LogP contribution >= 0.6 is 0 Å². The SMILES string of the molecule is COc1cc(OC)cc(C(=O)O[C@H](C)C(=O)Nc2ccc(NC(C)=O)cc2)c1. The van der Waals surface area contributed by atoms with Gasteiger partial charge in [-0.3, -0.25) is 9.59 Å². The van der Waals surface area contributed by atoms with Gasteiger partial charge in [-0.05, 0) is 43.3 Å². The maximum absolute atomic E-state index is 12.3. The average molecular weight is 386 g/mol. The van der Waals surface area contributed by atoms with Crippen LogP contribution in [0, 0.1) is 0 Å². The van der Waals surface area contributed by atoms with Gasteiger partial charge in [0.05, 0.1) is 19.8 Å². The summed E-state index contributed by atoms with van der Waals surface area (Å²) in [5.74, 6) is -0.492. The number of methoxy groups -OCH3 is 2. The number of carbonyl (C=O) groups is 3. The molecule has 8 nitrogen and oxygen atoms in total. The average Bonchev–Trinajstić information content (AvgIpc) is 2.68. The molecule has 2 rings (SSSR count). The summed E-state index contributed by atoms with van der Waals surface area (Å²) in [6.07, 6.45) is -1.03. The zero-order chi connectivity index (χ0) is 20.7. The van der Waals surface area contributed by atoms with E-state index in [1.54, 1.807) is 30.3 Å². The fraction of sp³-hybridized carbons (Fsp3) is 0.250. The van der Waals surface area contributed by atoms with Gasteiger partial charge in [0.15, 0.2) is 6.10 Å². The summed E-state index contributed by atoms with van der Waals surface area (Å²) in [4.78, 5) is 35.6. The number of benzene rings is 2. The van der Waals surface area contributed by atoms with Gasteiger partial charge >= 0.3 is 5.97 Å². The Morgan fingerprint density at radius 1 is 0.857 bits per heavy atom. The summed E-state index contributed by atoms with van der Waals surface area (Å²) in [7, 11) is 2.94. The minimum absolute atomic E-state index is 0.188. The summed E-state index contributed by atoms with van der Waals surface area (Å²) < 4.78 is 15.5. The van der Waals surface area contributed by atoms with E-state index in [-0.39, 0.29) is 11.5 Å². The van der Waals surface area contributed by atoms with E-state index in [2.05, 4.69) is 10.6 Å². The van der Waals surface area contributed by atoms with Crippen molar-refractivity contribution < 1.29 is 28.6 Å². The van der Waals surface area contributed by atoms with Crippen LogP contribution in [0.4, 0.5) is 11.4 Å². The van der Waals surface area contributed by atoms with E-state index >= 15 is 0 Å². The molecule has 8 heteroatoms. The molecule has 2 aromatic carbocycles. The van der Waals surface area contributed by atoms with Crippen molar-refractivity contribution in [2.45, 2.75) is 20.0 Å². The third kappa shape index (κ3) is 5.73. The molecule has 2 aromatic rings. The predicted octanol–water partition coefficient (Wildman–Crippen LogP) is 2.85. The molecule has 0 aliphatic rings. The van der Waals surface area contributed by atoms with Crippen molar-refractivity contribution in [1.29, 1.82) is 0 Å². The lowest BCUT2D eigenvalue weighted by Crippen LogP contribution is -2.30. The molecule has 0 saturated carbocycles. The van der Waals surface area contributed by atoms with Gasteiger partial charge < -0.3 is 24.8 Å². The first-order chi connectivity index (χ1) is 13.3. The Hall–Kier alpha value is -3.55. The molecule has 0 aromatic heterocycles. The molecular formula is C20H22N2O6. The van der Waals surface area contributed by atoms with E-state index in [1.165, 1.54) is 40.2 Å². The Balaban J connectivity index is 2.00. The predicted molar refractivity (Wildman–Crippen MR) is 104 cm³/mol. The molecule has 2 N–H and O–H groups in total. The molecule has 0 spiro atoms. The fourth-order valence-corrected chi connectivity index (χ4v) is 2.29. The molecule has 148 valence electrons. The van der Waals surface area contributed by atoms with Crippen molar-refractivity contribution in [3.05, 3.63) is 48.0 Å². The number of rotatable bonds is 7. The van der Waals surface area contributed by atoms with Gasteiger partial charge in [-0.1, -0.05) is 0 Å². The number of amides is 2. The van der Waals surface area contributed by atoms with E-state index < -0.39 is 18.0 Å². The lowest BCUT2D eigenvalue weighted by molar-refractivity contribution is -0.123. The van der Waals surface area contributed by atoms with Crippen molar-refractivity contribution in [3.8, 4) is 11.5 Å². The Kier molecular flexibility index (Phi) is 6.97. The lowest BCUT2D eigenvalue weighted by atomic mass is 10.2. The summed E-state index contributed by atoms with van der Waals surface area (Å²) in [6, 6.07) is 11.2. The third-order valence-electron chi connectivity index (χ3n) is 3.71. The second kappa shape index (κ2) is 9.40. The van der Waals surface area contributed by atoms with Crippen LogP contribution in [0.2, 0.25) is 0 Å². The first-order valence-electron chi connectivity index (χ1n) is 8.45. The van der Waals surface area contributed by atoms with Gasteiger partial charge in [-0.25, -0.2) is 4.79 Å². The van der Waals surface area contributed by atoms with Crippen LogP contribution in [0.1, 0.15) is 24.2 Å². The molecule has 0 radical (unpaired) electrons. The number of hydrogen-bond acceptors (Lipinski definition) is 6. The summed E-state index contributed by atoms with van der Waals surface area (Å²) >= 11 is 0. The first-order valence-corrected chi connectivity index (χ1v) is 8.45. The molecular weight excluding hydrogens is 364 g/mol. The monoisotopic (exact) mass is 386 g/mol. The first kappa shape index (κ1) is 20.8. The standard InChI is InChI=1S/C20H22N2O6/c1-12(19(24)22-16-7-5-15(6-8-16)21-13(2)23)28-20(25)14-9-17(26-3)11-18(10-14)27-4/h5-12H,1-4H3,(H,21,23)(H,22,24)/t12-/m1/s1. The normalized spacial score (nSPS) is 11.1. The topological polar surface area (TPSA) is 103 Å². The zero-order valence-electron chi connectivity index (χ0n) is 16.1. The smallest absolute Gasteiger partial charge is 0.339 e. The second-order valence-corrected chi connectivity index (χ2v) is 5.90. The maximum Gasteiger partial charge on any atom is 0.339 e. The summed E-state index contributed by atoms with van der Waals surface area (Å²) in [5, 5.41) is 5.28. The van der Waals surface area contributed by atoms with Crippen molar-refractivity contribution in [2.24, 2.45) is 0 Å². The van der Waals surface area contributed by atoms with Crippen molar-refractivity contribution in [3.63, 3.8) is 0 Å². The van der Waals surface area contributed by atoms with Crippen LogP contribution < -0.4 is 20.1 Å². The van der Waals surface area contributed by atoms with E-state index in [9.17, 15) is 14.4 Å². The summed E-state index contributed by atoms with van der Waals surface area (Å²) in [5.41, 5.74) is 1.32. The minimum atomic E-state index is -1.03. The molecule has 0 fully saturated rings. The van der Waals surface area contributed by atoms with Gasteiger partial charge in [-0.2, -0.15) is 0 Å². The Morgan fingerprint density at radius 2 is 1.36 bits per heavy atom. The highest BCUT2D eigenvalue weighted by molar-refractivity contribution is 5.98. The number of nitrogens with one attached hydrogen (secondary N) is 2. The molecule has 0 bridgehead atoms. The number of esters is 1. The fourth-order valence-electron chi connectivity index (χ4n) is 2.29. The van der Waals surface area contributed by atoms with E-state index in [4.69, 9.17) is 14.2 Å². The number of hydrogen-bond donors (Lipinski definition) is 2. The molecule has 0 saturated heterocycles. The van der Waals surface area contributed by atoms with Gasteiger partial charge in [0, 0.05) is 24.4 Å². The molecule has 0 aliphatic heterocycles. The highest BCUT2D eigenvalue weighted by Crippen LogP contribution is 2.23. The Bertz CT molecular complexity index is 841. The highest BCUT2D eigenvalue weighted by Gasteiger charge is 2.20. The van der Waals surface area contributed by atoms with Crippen molar-refractivity contribution in [1.82, 2.24) is 0 Å². The van der Waals surface area contributed by atoms with Crippen molar-refractivity contribution in [2.75, 3.05) is 24.9 Å². The van der Waals surface area contributed by atoms with Crippen LogP contribution in [0.15, 0.2) is 42.5 Å². The maximum atomic E-state index is 12.3. The second-order valence-electron chi connectivity index (χ2n) is 5.90. The van der Waals surface area contributed by atoms with Crippen LogP contribution in [0.25, 0.3) is 0 Å².